The summed E-state index contributed by atoms with van der Waals surface area (Å²) >= 11 is 11.1. The van der Waals surface area contributed by atoms with Gasteiger partial charge in [0.1, 0.15) is 4.49 Å². The second-order valence-corrected chi connectivity index (χ2v) is 4.48. The van der Waals surface area contributed by atoms with Gasteiger partial charge in [0.2, 0.25) is 0 Å². The topological polar surface area (TPSA) is 0 Å². The van der Waals surface area contributed by atoms with E-state index in [9.17, 15) is 0 Å². The number of halogens is 2. The van der Waals surface area contributed by atoms with Crippen LogP contribution < -0.4 is 0 Å². The van der Waals surface area contributed by atoms with Gasteiger partial charge in [-0.1, -0.05) is 49.0 Å². The normalized spacial score (nSPS) is 31.5. The van der Waals surface area contributed by atoms with Crippen molar-refractivity contribution in [3.8, 4) is 0 Å². The van der Waals surface area contributed by atoms with Crippen molar-refractivity contribution in [1.82, 2.24) is 0 Å². The molecule has 0 unspecified atom stereocenters. The molecule has 1 saturated carbocycles. The predicted octanol–water partition coefficient (Wildman–Crippen LogP) is 4.13. The van der Waals surface area contributed by atoms with Gasteiger partial charge in [-0.25, -0.2) is 0 Å². The zero-order chi connectivity index (χ0) is 8.27. The first kappa shape index (κ1) is 9.41. The second kappa shape index (κ2) is 4.37. The van der Waals surface area contributed by atoms with Crippen molar-refractivity contribution in [3.05, 3.63) is 10.6 Å². The quantitative estimate of drug-likeness (QED) is 0.587. The third-order valence-electron chi connectivity index (χ3n) is 2.42. The van der Waals surface area contributed by atoms with Gasteiger partial charge in [0.25, 0.3) is 0 Å². The van der Waals surface area contributed by atoms with Crippen LogP contribution in [0.1, 0.15) is 32.6 Å². The van der Waals surface area contributed by atoms with Gasteiger partial charge in [-0.05, 0) is 24.7 Å². The summed E-state index contributed by atoms with van der Waals surface area (Å²) < 4.78 is 0.435. The number of allylic oxidation sites excluding steroid dienone is 1. The van der Waals surface area contributed by atoms with E-state index in [1.165, 1.54) is 25.7 Å². The molecule has 11 heavy (non-hydrogen) atoms. The van der Waals surface area contributed by atoms with E-state index in [1.807, 2.05) is 6.08 Å². The first-order chi connectivity index (χ1) is 5.18. The molecule has 0 aromatic rings. The second-order valence-electron chi connectivity index (χ2n) is 3.48. The van der Waals surface area contributed by atoms with Gasteiger partial charge >= 0.3 is 0 Å². The maximum absolute atomic E-state index is 5.57. The average molecular weight is 193 g/mol. The van der Waals surface area contributed by atoms with Crippen molar-refractivity contribution < 1.29 is 0 Å². The summed E-state index contributed by atoms with van der Waals surface area (Å²) in [6.07, 6.45) is 7.13. The van der Waals surface area contributed by atoms with E-state index in [1.54, 1.807) is 0 Å². The third kappa shape index (κ3) is 3.48. The zero-order valence-electron chi connectivity index (χ0n) is 6.82. The van der Waals surface area contributed by atoms with Crippen molar-refractivity contribution in [1.29, 1.82) is 0 Å². The SMILES string of the molecule is CC1CCC(C=C(Cl)Cl)CC1. The van der Waals surface area contributed by atoms with Crippen molar-refractivity contribution in [3.63, 3.8) is 0 Å². The van der Waals surface area contributed by atoms with Crippen LogP contribution in [0.25, 0.3) is 0 Å². The van der Waals surface area contributed by atoms with Crippen LogP contribution in [0.4, 0.5) is 0 Å². The van der Waals surface area contributed by atoms with Crippen LogP contribution in [0, 0.1) is 11.8 Å². The fourth-order valence-electron chi connectivity index (χ4n) is 1.63. The summed E-state index contributed by atoms with van der Waals surface area (Å²) in [5.41, 5.74) is 0. The monoisotopic (exact) mass is 192 g/mol. The van der Waals surface area contributed by atoms with Gasteiger partial charge < -0.3 is 0 Å². The average Bonchev–Trinajstić information content (AvgIpc) is 1.93. The lowest BCUT2D eigenvalue weighted by Crippen LogP contribution is -2.10. The number of hydrogen-bond donors (Lipinski definition) is 0. The molecule has 1 rings (SSSR count). The maximum atomic E-state index is 5.57. The van der Waals surface area contributed by atoms with Crippen LogP contribution in [0.3, 0.4) is 0 Å². The maximum Gasteiger partial charge on any atom is 0.103 e. The molecule has 0 heterocycles. The Hall–Kier alpha value is 0.320. The van der Waals surface area contributed by atoms with Crippen LogP contribution in [-0.2, 0) is 0 Å². The molecule has 0 spiro atoms. The molecule has 0 saturated heterocycles. The van der Waals surface area contributed by atoms with Gasteiger partial charge in [0.05, 0.1) is 0 Å². The Morgan fingerprint density at radius 2 is 1.73 bits per heavy atom. The van der Waals surface area contributed by atoms with Crippen LogP contribution in [0.2, 0.25) is 0 Å². The van der Waals surface area contributed by atoms with Crippen LogP contribution in [0.5, 0.6) is 0 Å². The fraction of sp³-hybridized carbons (Fsp3) is 0.778. The van der Waals surface area contributed by atoms with E-state index in [-0.39, 0.29) is 0 Å². The largest absolute Gasteiger partial charge is 0.103 e. The molecule has 0 atom stereocenters. The highest BCUT2D eigenvalue weighted by Gasteiger charge is 2.16. The summed E-state index contributed by atoms with van der Waals surface area (Å²) in [6.45, 7) is 2.31. The summed E-state index contributed by atoms with van der Waals surface area (Å²) in [5.74, 6) is 1.53. The van der Waals surface area contributed by atoms with Crippen molar-refractivity contribution in [2.75, 3.05) is 0 Å². The molecule has 1 fully saturated rings. The van der Waals surface area contributed by atoms with Crippen molar-refractivity contribution in [2.24, 2.45) is 11.8 Å². The van der Waals surface area contributed by atoms with Crippen LogP contribution in [0.15, 0.2) is 10.6 Å². The summed E-state index contributed by atoms with van der Waals surface area (Å²) in [6, 6.07) is 0. The molecule has 1 aliphatic carbocycles. The molecule has 0 N–H and O–H groups in total. The van der Waals surface area contributed by atoms with E-state index in [0.717, 1.165) is 5.92 Å². The molecule has 0 aromatic carbocycles. The van der Waals surface area contributed by atoms with E-state index in [0.29, 0.717) is 10.4 Å². The highest BCUT2D eigenvalue weighted by atomic mass is 35.5. The highest BCUT2D eigenvalue weighted by Crippen LogP contribution is 2.30. The summed E-state index contributed by atoms with van der Waals surface area (Å²) in [5, 5.41) is 0. The molecular formula is C9H14Cl2. The summed E-state index contributed by atoms with van der Waals surface area (Å²) in [7, 11) is 0. The fourth-order valence-corrected chi connectivity index (χ4v) is 1.99. The van der Waals surface area contributed by atoms with Gasteiger partial charge in [-0.2, -0.15) is 0 Å². The molecule has 0 bridgehead atoms. The van der Waals surface area contributed by atoms with Crippen LogP contribution in [-0.4, -0.2) is 0 Å². The Bertz CT molecular complexity index is 140. The van der Waals surface area contributed by atoms with E-state index < -0.39 is 0 Å². The Kier molecular flexibility index (Phi) is 3.74. The molecule has 0 aromatic heterocycles. The first-order valence-electron chi connectivity index (χ1n) is 4.21. The van der Waals surface area contributed by atoms with Gasteiger partial charge in [-0.15, -0.1) is 0 Å². The van der Waals surface area contributed by atoms with E-state index >= 15 is 0 Å². The minimum atomic E-state index is 0.435. The Labute approximate surface area is 78.6 Å². The molecule has 2 heteroatoms. The van der Waals surface area contributed by atoms with E-state index in [2.05, 4.69) is 6.92 Å². The molecule has 0 radical (unpaired) electrons. The lowest BCUT2D eigenvalue weighted by atomic mass is 9.83. The first-order valence-corrected chi connectivity index (χ1v) is 4.97. The minimum Gasteiger partial charge on any atom is -0.0712 e. The number of rotatable bonds is 1. The minimum absolute atomic E-state index is 0.435. The van der Waals surface area contributed by atoms with Crippen molar-refractivity contribution in [2.45, 2.75) is 32.6 Å². The summed E-state index contributed by atoms with van der Waals surface area (Å²) in [4.78, 5) is 0. The van der Waals surface area contributed by atoms with Gasteiger partial charge in [0.15, 0.2) is 0 Å². The molecule has 0 nitrogen and oxygen atoms in total. The van der Waals surface area contributed by atoms with Gasteiger partial charge in [-0.3, -0.25) is 0 Å². The Morgan fingerprint density at radius 1 is 1.18 bits per heavy atom. The Balaban J connectivity index is 2.34. The van der Waals surface area contributed by atoms with Crippen molar-refractivity contribution >= 4 is 23.2 Å². The highest BCUT2D eigenvalue weighted by molar-refractivity contribution is 6.55. The third-order valence-corrected chi connectivity index (χ3v) is 2.67. The smallest absolute Gasteiger partial charge is 0.0712 e. The molecule has 64 valence electrons. The molecule has 0 amide bonds. The van der Waals surface area contributed by atoms with Gasteiger partial charge in [0, 0.05) is 0 Å². The standard InChI is InChI=1S/C9H14Cl2/c1-7-2-4-8(5-3-7)6-9(10)11/h6-8H,2-5H2,1H3. The Morgan fingerprint density at radius 3 is 2.18 bits per heavy atom. The zero-order valence-corrected chi connectivity index (χ0v) is 8.33. The molecule has 0 aliphatic heterocycles. The predicted molar refractivity (Wildman–Crippen MR) is 50.9 cm³/mol. The lowest BCUT2D eigenvalue weighted by Gasteiger charge is -2.23. The lowest BCUT2D eigenvalue weighted by molar-refractivity contribution is 0.330. The van der Waals surface area contributed by atoms with Crippen LogP contribution >= 0.6 is 23.2 Å². The molecular weight excluding hydrogens is 179 g/mol. The van der Waals surface area contributed by atoms with E-state index in [4.69, 9.17) is 23.2 Å². The molecule has 1 aliphatic rings. The number of hydrogen-bond acceptors (Lipinski definition) is 0.